The van der Waals surface area contributed by atoms with E-state index in [2.05, 4.69) is 5.32 Å². The van der Waals surface area contributed by atoms with Crippen molar-refractivity contribution in [3.63, 3.8) is 0 Å². The SMILES string of the molecule is CCOc1ccc(NC(=O)CN(c2cccc(C)c2C)S(C)(=O)=O)cc1. The number of nitrogens with zero attached hydrogens (tertiary/aromatic N) is 1. The molecule has 0 saturated carbocycles. The van der Waals surface area contributed by atoms with Gasteiger partial charge in [0.05, 0.1) is 18.6 Å². The second-order valence-electron chi connectivity index (χ2n) is 5.99. The maximum absolute atomic E-state index is 12.4. The van der Waals surface area contributed by atoms with E-state index in [4.69, 9.17) is 4.74 Å². The molecule has 0 atom stereocenters. The first-order valence-corrected chi connectivity index (χ1v) is 10.1. The second-order valence-corrected chi connectivity index (χ2v) is 7.90. The van der Waals surface area contributed by atoms with Crippen LogP contribution < -0.4 is 14.4 Å². The van der Waals surface area contributed by atoms with Gasteiger partial charge in [-0.15, -0.1) is 0 Å². The van der Waals surface area contributed by atoms with E-state index in [0.29, 0.717) is 23.7 Å². The number of rotatable bonds is 7. The van der Waals surface area contributed by atoms with Crippen LogP contribution in [0.2, 0.25) is 0 Å². The Morgan fingerprint density at radius 3 is 2.35 bits per heavy atom. The second kappa shape index (κ2) is 8.23. The number of benzene rings is 2. The third-order valence-electron chi connectivity index (χ3n) is 3.98. The zero-order valence-electron chi connectivity index (χ0n) is 15.4. The zero-order chi connectivity index (χ0) is 19.3. The van der Waals surface area contributed by atoms with Crippen LogP contribution in [0.25, 0.3) is 0 Å². The number of hydrogen-bond acceptors (Lipinski definition) is 4. The number of carbonyl (C=O) groups is 1. The molecular weight excluding hydrogens is 352 g/mol. The lowest BCUT2D eigenvalue weighted by atomic mass is 10.1. The smallest absolute Gasteiger partial charge is 0.245 e. The molecule has 140 valence electrons. The summed E-state index contributed by atoms with van der Waals surface area (Å²) in [7, 11) is -3.61. The van der Waals surface area contributed by atoms with Gasteiger partial charge in [0.1, 0.15) is 12.3 Å². The van der Waals surface area contributed by atoms with E-state index in [9.17, 15) is 13.2 Å². The van der Waals surface area contributed by atoms with Crippen molar-refractivity contribution < 1.29 is 17.9 Å². The predicted octanol–water partition coefficient (Wildman–Crippen LogP) is 3.11. The van der Waals surface area contributed by atoms with Gasteiger partial charge in [0.15, 0.2) is 0 Å². The molecule has 0 saturated heterocycles. The molecule has 0 bridgehead atoms. The summed E-state index contributed by atoms with van der Waals surface area (Å²) in [6.45, 7) is 5.90. The Bertz CT molecular complexity index is 877. The summed E-state index contributed by atoms with van der Waals surface area (Å²) in [6.07, 6.45) is 1.10. The number of amides is 1. The Morgan fingerprint density at radius 2 is 1.77 bits per heavy atom. The van der Waals surface area contributed by atoms with Crippen LogP contribution in [-0.4, -0.2) is 33.7 Å². The average Bonchev–Trinajstić information content (AvgIpc) is 2.57. The van der Waals surface area contributed by atoms with E-state index in [1.807, 2.05) is 26.8 Å². The molecule has 0 spiro atoms. The van der Waals surface area contributed by atoms with Crippen LogP contribution in [0.1, 0.15) is 18.1 Å². The van der Waals surface area contributed by atoms with E-state index in [0.717, 1.165) is 21.7 Å². The lowest BCUT2D eigenvalue weighted by molar-refractivity contribution is -0.114. The predicted molar refractivity (Wildman–Crippen MR) is 104 cm³/mol. The molecule has 0 aliphatic carbocycles. The van der Waals surface area contributed by atoms with Crippen molar-refractivity contribution in [2.45, 2.75) is 20.8 Å². The highest BCUT2D eigenvalue weighted by atomic mass is 32.2. The van der Waals surface area contributed by atoms with Crippen molar-refractivity contribution in [3.8, 4) is 5.75 Å². The summed E-state index contributed by atoms with van der Waals surface area (Å²) < 4.78 is 30.9. The Balaban J connectivity index is 2.18. The van der Waals surface area contributed by atoms with Gasteiger partial charge < -0.3 is 10.1 Å². The number of sulfonamides is 1. The molecule has 0 aliphatic heterocycles. The fraction of sp³-hybridized carbons (Fsp3) is 0.316. The highest BCUT2D eigenvalue weighted by Gasteiger charge is 2.22. The summed E-state index contributed by atoms with van der Waals surface area (Å²) in [5.41, 5.74) is 2.87. The number of hydrogen-bond donors (Lipinski definition) is 1. The van der Waals surface area contributed by atoms with Gasteiger partial charge >= 0.3 is 0 Å². The van der Waals surface area contributed by atoms with Gasteiger partial charge in [-0.1, -0.05) is 12.1 Å². The minimum absolute atomic E-state index is 0.295. The van der Waals surface area contributed by atoms with Crippen molar-refractivity contribution in [2.75, 3.05) is 29.0 Å². The van der Waals surface area contributed by atoms with Crippen LogP contribution in [0.5, 0.6) is 5.75 Å². The largest absolute Gasteiger partial charge is 0.494 e. The molecule has 2 aromatic rings. The molecular formula is C19H24N2O4S. The third kappa shape index (κ3) is 4.98. The van der Waals surface area contributed by atoms with Crippen molar-refractivity contribution in [3.05, 3.63) is 53.6 Å². The Kier molecular flexibility index (Phi) is 6.26. The molecule has 0 radical (unpaired) electrons. The summed E-state index contributed by atoms with van der Waals surface area (Å²) >= 11 is 0. The topological polar surface area (TPSA) is 75.7 Å². The van der Waals surface area contributed by atoms with Gasteiger partial charge in [0.2, 0.25) is 15.9 Å². The zero-order valence-corrected chi connectivity index (χ0v) is 16.3. The molecule has 7 heteroatoms. The van der Waals surface area contributed by atoms with E-state index < -0.39 is 15.9 Å². The van der Waals surface area contributed by atoms with Gasteiger partial charge in [0.25, 0.3) is 0 Å². The van der Waals surface area contributed by atoms with Crippen molar-refractivity contribution in [2.24, 2.45) is 0 Å². The first-order valence-electron chi connectivity index (χ1n) is 8.29. The van der Waals surface area contributed by atoms with Gasteiger partial charge in [-0.2, -0.15) is 0 Å². The van der Waals surface area contributed by atoms with E-state index in [1.165, 1.54) is 0 Å². The van der Waals surface area contributed by atoms with Gasteiger partial charge in [-0.3, -0.25) is 9.10 Å². The van der Waals surface area contributed by atoms with Gasteiger partial charge in [-0.05, 0) is 62.2 Å². The Hall–Kier alpha value is -2.54. The molecule has 1 N–H and O–H groups in total. The lowest BCUT2D eigenvalue weighted by Crippen LogP contribution is -2.38. The highest BCUT2D eigenvalue weighted by molar-refractivity contribution is 7.92. The highest BCUT2D eigenvalue weighted by Crippen LogP contribution is 2.25. The monoisotopic (exact) mass is 376 g/mol. The molecule has 1 amide bonds. The van der Waals surface area contributed by atoms with E-state index >= 15 is 0 Å². The summed E-state index contributed by atoms with van der Waals surface area (Å²) in [6, 6.07) is 12.3. The van der Waals surface area contributed by atoms with Gasteiger partial charge in [-0.25, -0.2) is 8.42 Å². The molecule has 2 aromatic carbocycles. The lowest BCUT2D eigenvalue weighted by Gasteiger charge is -2.24. The number of anilines is 2. The van der Waals surface area contributed by atoms with Crippen molar-refractivity contribution in [1.82, 2.24) is 0 Å². The van der Waals surface area contributed by atoms with Crippen molar-refractivity contribution >= 4 is 27.3 Å². The Labute approximate surface area is 154 Å². The number of ether oxygens (including phenoxy) is 1. The molecule has 0 aliphatic rings. The fourth-order valence-electron chi connectivity index (χ4n) is 2.52. The maximum Gasteiger partial charge on any atom is 0.245 e. The summed E-state index contributed by atoms with van der Waals surface area (Å²) in [5.74, 6) is 0.291. The minimum atomic E-state index is -3.61. The summed E-state index contributed by atoms with van der Waals surface area (Å²) in [5, 5.41) is 2.72. The summed E-state index contributed by atoms with van der Waals surface area (Å²) in [4.78, 5) is 12.4. The first kappa shape index (κ1) is 19.8. The maximum atomic E-state index is 12.4. The molecule has 2 rings (SSSR count). The normalized spacial score (nSPS) is 11.1. The number of aryl methyl sites for hydroxylation is 1. The van der Waals surface area contributed by atoms with E-state index in [1.54, 1.807) is 36.4 Å². The van der Waals surface area contributed by atoms with Crippen LogP contribution in [0.3, 0.4) is 0 Å². The Morgan fingerprint density at radius 1 is 1.12 bits per heavy atom. The standard InChI is InChI=1S/C19H24N2O4S/c1-5-25-17-11-9-16(10-12-17)20-19(22)13-21(26(4,23)24)18-8-6-7-14(2)15(18)3/h6-12H,5,13H2,1-4H3,(H,20,22). The minimum Gasteiger partial charge on any atom is -0.494 e. The van der Waals surface area contributed by atoms with Crippen LogP contribution in [0.4, 0.5) is 11.4 Å². The number of carbonyl (C=O) groups excluding carboxylic acids is 1. The fourth-order valence-corrected chi connectivity index (χ4v) is 3.43. The average molecular weight is 376 g/mol. The van der Waals surface area contributed by atoms with Crippen LogP contribution in [0.15, 0.2) is 42.5 Å². The molecule has 0 unspecified atom stereocenters. The van der Waals surface area contributed by atoms with Crippen LogP contribution in [0, 0.1) is 13.8 Å². The quantitative estimate of drug-likeness (QED) is 0.806. The van der Waals surface area contributed by atoms with Gasteiger partial charge in [0, 0.05) is 5.69 Å². The third-order valence-corrected chi connectivity index (χ3v) is 5.11. The molecule has 26 heavy (non-hydrogen) atoms. The molecule has 0 fully saturated rings. The molecule has 0 aromatic heterocycles. The van der Waals surface area contributed by atoms with Crippen molar-refractivity contribution in [1.29, 1.82) is 0 Å². The molecule has 0 heterocycles. The first-order chi connectivity index (χ1) is 12.2. The molecule has 6 nitrogen and oxygen atoms in total. The van der Waals surface area contributed by atoms with Crippen LogP contribution >= 0.6 is 0 Å². The van der Waals surface area contributed by atoms with E-state index in [-0.39, 0.29) is 6.54 Å². The van der Waals surface area contributed by atoms with Crippen LogP contribution in [-0.2, 0) is 14.8 Å². The number of nitrogens with one attached hydrogen (secondary N) is 1.